The quantitative estimate of drug-likeness (QED) is 0.696. The van der Waals surface area contributed by atoms with E-state index in [2.05, 4.69) is 10.2 Å². The summed E-state index contributed by atoms with van der Waals surface area (Å²) in [5.41, 5.74) is 2.61. The highest BCUT2D eigenvalue weighted by Gasteiger charge is 2.14. The Morgan fingerprint density at radius 1 is 1.25 bits per heavy atom. The first-order valence-corrected chi connectivity index (χ1v) is 6.35. The zero-order chi connectivity index (χ0) is 14.1. The molecule has 0 N–H and O–H groups in total. The van der Waals surface area contributed by atoms with Crippen LogP contribution >= 0.6 is 11.6 Å². The van der Waals surface area contributed by atoms with Gasteiger partial charge in [-0.05, 0) is 12.1 Å². The maximum absolute atomic E-state index is 11.2. The molecule has 2 aromatic heterocycles. The monoisotopic (exact) mass is 286 g/mol. The van der Waals surface area contributed by atoms with E-state index in [0.717, 1.165) is 17.5 Å². The van der Waals surface area contributed by atoms with Crippen LogP contribution in [-0.2, 0) is 7.05 Å². The lowest BCUT2D eigenvalue weighted by molar-refractivity contribution is 0.112. The van der Waals surface area contributed by atoms with Gasteiger partial charge in [0, 0.05) is 25.0 Å². The van der Waals surface area contributed by atoms with E-state index >= 15 is 0 Å². The first-order chi connectivity index (χ1) is 9.69. The summed E-state index contributed by atoms with van der Waals surface area (Å²) >= 11 is 6.15. The molecule has 0 aliphatic carbocycles. The lowest BCUT2D eigenvalue weighted by Crippen LogP contribution is -1.95. The second kappa shape index (κ2) is 4.94. The summed E-state index contributed by atoms with van der Waals surface area (Å²) < 4.78 is 3.27. The van der Waals surface area contributed by atoms with Crippen LogP contribution in [0.25, 0.3) is 16.9 Å². The highest BCUT2D eigenvalue weighted by molar-refractivity contribution is 6.32. The number of nitrogens with zero attached hydrogens (tertiary/aromatic N) is 4. The number of carbonyl (C=O) groups is 1. The molecule has 0 saturated carbocycles. The van der Waals surface area contributed by atoms with Crippen LogP contribution in [0.5, 0.6) is 0 Å². The van der Waals surface area contributed by atoms with E-state index in [1.807, 2.05) is 31.4 Å². The molecule has 0 radical (unpaired) electrons. The number of aromatic nitrogens is 4. The third-order valence-electron chi connectivity index (χ3n) is 2.95. The van der Waals surface area contributed by atoms with Gasteiger partial charge in [0.2, 0.25) is 0 Å². The number of benzene rings is 1. The second-order valence-electron chi connectivity index (χ2n) is 4.35. The van der Waals surface area contributed by atoms with Gasteiger partial charge in [-0.1, -0.05) is 23.7 Å². The number of halogens is 1. The minimum Gasteiger partial charge on any atom is -0.298 e. The van der Waals surface area contributed by atoms with Crippen molar-refractivity contribution >= 4 is 17.9 Å². The summed E-state index contributed by atoms with van der Waals surface area (Å²) in [6, 6.07) is 7.34. The van der Waals surface area contributed by atoms with Crippen molar-refractivity contribution in [3.05, 3.63) is 53.4 Å². The standard InChI is InChI=1S/C14H11ClN4O/c1-18-7-10(6-16-18)14-11(9-20)8-19(17-14)13-5-3-2-4-12(13)15/h2-9H,1H3. The lowest BCUT2D eigenvalue weighted by atomic mass is 10.2. The second-order valence-corrected chi connectivity index (χ2v) is 4.76. The highest BCUT2D eigenvalue weighted by Crippen LogP contribution is 2.24. The van der Waals surface area contributed by atoms with E-state index in [0.29, 0.717) is 16.3 Å². The molecule has 0 fully saturated rings. The lowest BCUT2D eigenvalue weighted by Gasteiger charge is -2.02. The van der Waals surface area contributed by atoms with Crippen molar-refractivity contribution in [2.45, 2.75) is 0 Å². The summed E-state index contributed by atoms with van der Waals surface area (Å²) in [6.07, 6.45) is 5.93. The molecular weight excluding hydrogens is 276 g/mol. The molecule has 0 amide bonds. The number of carbonyl (C=O) groups excluding carboxylic acids is 1. The first-order valence-electron chi connectivity index (χ1n) is 5.98. The smallest absolute Gasteiger partial charge is 0.153 e. The van der Waals surface area contributed by atoms with Crippen molar-refractivity contribution in [3.8, 4) is 16.9 Å². The van der Waals surface area contributed by atoms with Crippen LogP contribution in [-0.4, -0.2) is 25.8 Å². The van der Waals surface area contributed by atoms with Gasteiger partial charge in [-0.25, -0.2) is 4.68 Å². The molecular formula is C14H11ClN4O. The molecule has 100 valence electrons. The van der Waals surface area contributed by atoms with Gasteiger partial charge < -0.3 is 0 Å². The van der Waals surface area contributed by atoms with E-state index in [1.165, 1.54) is 0 Å². The summed E-state index contributed by atoms with van der Waals surface area (Å²) in [5.74, 6) is 0. The van der Waals surface area contributed by atoms with Crippen molar-refractivity contribution in [2.24, 2.45) is 7.05 Å². The number of hydrogen-bond donors (Lipinski definition) is 0. The van der Waals surface area contributed by atoms with Crippen molar-refractivity contribution in [2.75, 3.05) is 0 Å². The van der Waals surface area contributed by atoms with Crippen molar-refractivity contribution in [3.63, 3.8) is 0 Å². The summed E-state index contributed by atoms with van der Waals surface area (Å²) in [5, 5.41) is 9.11. The van der Waals surface area contributed by atoms with Crippen LogP contribution in [0.1, 0.15) is 10.4 Å². The van der Waals surface area contributed by atoms with E-state index in [9.17, 15) is 4.79 Å². The van der Waals surface area contributed by atoms with Gasteiger partial charge in [0.15, 0.2) is 6.29 Å². The van der Waals surface area contributed by atoms with Gasteiger partial charge in [0.05, 0.1) is 22.5 Å². The van der Waals surface area contributed by atoms with Gasteiger partial charge >= 0.3 is 0 Å². The number of rotatable bonds is 3. The van der Waals surface area contributed by atoms with Crippen LogP contribution in [0.15, 0.2) is 42.9 Å². The summed E-state index contributed by atoms with van der Waals surface area (Å²) in [7, 11) is 1.81. The molecule has 20 heavy (non-hydrogen) atoms. The SMILES string of the molecule is Cn1cc(-c2nn(-c3ccccc3Cl)cc2C=O)cn1. The first kappa shape index (κ1) is 12.6. The molecule has 0 spiro atoms. The maximum Gasteiger partial charge on any atom is 0.153 e. The number of para-hydroxylation sites is 1. The number of aldehydes is 1. The highest BCUT2D eigenvalue weighted by atomic mass is 35.5. The molecule has 6 heteroatoms. The topological polar surface area (TPSA) is 52.7 Å². The molecule has 0 unspecified atom stereocenters. The predicted molar refractivity (Wildman–Crippen MR) is 76.2 cm³/mol. The average Bonchev–Trinajstić information content (AvgIpc) is 3.05. The predicted octanol–water partition coefficient (Wildman–Crippen LogP) is 2.74. The van der Waals surface area contributed by atoms with Crippen molar-refractivity contribution in [1.29, 1.82) is 0 Å². The molecule has 0 aliphatic heterocycles. The molecule has 1 aromatic carbocycles. The van der Waals surface area contributed by atoms with Gasteiger partial charge in [0.25, 0.3) is 0 Å². The Morgan fingerprint density at radius 2 is 2.05 bits per heavy atom. The Balaban J connectivity index is 2.14. The van der Waals surface area contributed by atoms with E-state index < -0.39 is 0 Å². The molecule has 5 nitrogen and oxygen atoms in total. The summed E-state index contributed by atoms with van der Waals surface area (Å²) in [4.78, 5) is 11.2. The van der Waals surface area contributed by atoms with E-state index in [-0.39, 0.29) is 0 Å². The van der Waals surface area contributed by atoms with E-state index in [1.54, 1.807) is 27.8 Å². The fourth-order valence-corrected chi connectivity index (χ4v) is 2.22. The van der Waals surface area contributed by atoms with Crippen LogP contribution < -0.4 is 0 Å². The fraction of sp³-hybridized carbons (Fsp3) is 0.0714. The Kier molecular flexibility index (Phi) is 3.12. The van der Waals surface area contributed by atoms with Gasteiger partial charge in [-0.3, -0.25) is 9.48 Å². The Hall–Kier alpha value is -2.40. The number of aryl methyl sites for hydroxylation is 1. The van der Waals surface area contributed by atoms with E-state index in [4.69, 9.17) is 11.6 Å². The maximum atomic E-state index is 11.2. The molecule has 0 saturated heterocycles. The van der Waals surface area contributed by atoms with Gasteiger partial charge in [-0.2, -0.15) is 10.2 Å². The molecule has 0 aliphatic rings. The largest absolute Gasteiger partial charge is 0.298 e. The molecule has 3 rings (SSSR count). The minimum absolute atomic E-state index is 0.498. The zero-order valence-electron chi connectivity index (χ0n) is 10.7. The van der Waals surface area contributed by atoms with Crippen molar-refractivity contribution < 1.29 is 4.79 Å². The third-order valence-corrected chi connectivity index (χ3v) is 3.27. The third kappa shape index (κ3) is 2.12. The van der Waals surface area contributed by atoms with Crippen molar-refractivity contribution in [1.82, 2.24) is 19.6 Å². The Labute approximate surface area is 120 Å². The fourth-order valence-electron chi connectivity index (χ4n) is 2.00. The zero-order valence-corrected chi connectivity index (χ0v) is 11.4. The molecule has 2 heterocycles. The summed E-state index contributed by atoms with van der Waals surface area (Å²) in [6.45, 7) is 0. The molecule has 0 bridgehead atoms. The van der Waals surface area contributed by atoms with Gasteiger partial charge in [-0.15, -0.1) is 0 Å². The molecule has 0 atom stereocenters. The normalized spacial score (nSPS) is 10.7. The number of hydrogen-bond acceptors (Lipinski definition) is 3. The average molecular weight is 287 g/mol. The Bertz CT molecular complexity index is 775. The molecule has 3 aromatic rings. The van der Waals surface area contributed by atoms with Crippen LogP contribution in [0, 0.1) is 0 Å². The minimum atomic E-state index is 0.498. The van der Waals surface area contributed by atoms with Crippen LogP contribution in [0.3, 0.4) is 0 Å². The van der Waals surface area contributed by atoms with Gasteiger partial charge in [0.1, 0.15) is 5.69 Å². The van der Waals surface area contributed by atoms with Crippen LogP contribution in [0.4, 0.5) is 0 Å². The van der Waals surface area contributed by atoms with Crippen LogP contribution in [0.2, 0.25) is 5.02 Å². The Morgan fingerprint density at radius 3 is 2.70 bits per heavy atom.